The molecule has 6 nitrogen and oxygen atoms in total. The smallest absolute Gasteiger partial charge is 0.410 e. The van der Waals surface area contributed by atoms with E-state index < -0.39 is 5.60 Å². The minimum atomic E-state index is -1.07. The summed E-state index contributed by atoms with van der Waals surface area (Å²) in [6, 6.07) is 17.1. The highest BCUT2D eigenvalue weighted by Crippen LogP contribution is 2.43. The zero-order valence-corrected chi connectivity index (χ0v) is 16.6. The van der Waals surface area contributed by atoms with Crippen LogP contribution in [0.2, 0.25) is 0 Å². The van der Waals surface area contributed by atoms with Gasteiger partial charge in [0.15, 0.2) is 0 Å². The van der Waals surface area contributed by atoms with E-state index in [1.165, 1.54) is 0 Å². The Morgan fingerprint density at radius 1 is 1.07 bits per heavy atom. The zero-order chi connectivity index (χ0) is 20.6. The molecule has 30 heavy (non-hydrogen) atoms. The van der Waals surface area contributed by atoms with Crippen molar-refractivity contribution in [2.24, 2.45) is 0 Å². The second-order valence-corrected chi connectivity index (χ2v) is 8.14. The van der Waals surface area contributed by atoms with Crippen LogP contribution in [0.4, 0.5) is 4.79 Å². The van der Waals surface area contributed by atoms with E-state index in [1.54, 1.807) is 11.1 Å². The minimum absolute atomic E-state index is 0.230. The van der Waals surface area contributed by atoms with Gasteiger partial charge in [-0.05, 0) is 10.9 Å². The molecule has 1 N–H and O–H groups in total. The van der Waals surface area contributed by atoms with E-state index in [4.69, 9.17) is 9.47 Å². The maximum absolute atomic E-state index is 12.9. The summed E-state index contributed by atoms with van der Waals surface area (Å²) < 4.78 is 11.3. The van der Waals surface area contributed by atoms with Crippen LogP contribution in [0.15, 0.2) is 67.0 Å². The first-order chi connectivity index (χ1) is 14.6. The molecule has 6 heteroatoms. The second-order valence-electron chi connectivity index (χ2n) is 8.14. The number of fused-ring (bicyclic) bond motifs is 3. The fourth-order valence-electron chi connectivity index (χ4n) is 4.78. The van der Waals surface area contributed by atoms with Crippen molar-refractivity contribution in [3.8, 4) is 0 Å². The van der Waals surface area contributed by atoms with Gasteiger partial charge in [-0.15, -0.1) is 0 Å². The number of piperidine rings is 1. The minimum Gasteiger partial charge on any atom is -0.445 e. The topological polar surface area (TPSA) is 71.9 Å². The molecule has 5 rings (SSSR count). The van der Waals surface area contributed by atoms with Crippen molar-refractivity contribution in [3.05, 3.63) is 78.1 Å². The standard InChI is InChI=1S/C24H24N2O4/c27-23(30-14-17-6-2-1-3-7-17)26-19-10-24(28,11-20(26)16-29-15-19)22-13-25-12-18-8-4-5-9-21(18)22/h1-9,12-13,19-20,28H,10-11,14-16H2. The molecule has 0 radical (unpaired) electrons. The molecule has 3 aromatic rings. The van der Waals surface area contributed by atoms with Crippen LogP contribution >= 0.6 is 0 Å². The van der Waals surface area contributed by atoms with E-state index in [1.807, 2.05) is 60.8 Å². The highest BCUT2D eigenvalue weighted by atomic mass is 16.6. The lowest BCUT2D eigenvalue weighted by atomic mass is 9.76. The first-order valence-corrected chi connectivity index (χ1v) is 10.3. The third-order valence-corrected chi connectivity index (χ3v) is 6.14. The van der Waals surface area contributed by atoms with E-state index in [9.17, 15) is 9.90 Å². The Bertz CT molecular complexity index is 1040. The number of pyridine rings is 1. The van der Waals surface area contributed by atoms with Gasteiger partial charge >= 0.3 is 6.09 Å². The third-order valence-electron chi connectivity index (χ3n) is 6.14. The van der Waals surface area contributed by atoms with Gasteiger partial charge < -0.3 is 14.6 Å². The Balaban J connectivity index is 1.38. The van der Waals surface area contributed by atoms with E-state index in [2.05, 4.69) is 4.98 Å². The Kier molecular flexibility index (Phi) is 4.89. The Hall–Kier alpha value is -2.96. The van der Waals surface area contributed by atoms with Crippen LogP contribution < -0.4 is 0 Å². The van der Waals surface area contributed by atoms with Crippen molar-refractivity contribution in [1.82, 2.24) is 9.88 Å². The number of benzene rings is 2. The van der Waals surface area contributed by atoms with Gasteiger partial charge in [-0.25, -0.2) is 4.79 Å². The molecule has 2 atom stereocenters. The zero-order valence-electron chi connectivity index (χ0n) is 16.6. The molecule has 2 bridgehead atoms. The number of amides is 1. The predicted molar refractivity (Wildman–Crippen MR) is 112 cm³/mol. The van der Waals surface area contributed by atoms with Crippen LogP contribution in [0.3, 0.4) is 0 Å². The fraction of sp³-hybridized carbons (Fsp3) is 0.333. The number of nitrogens with zero attached hydrogens (tertiary/aromatic N) is 2. The highest BCUT2D eigenvalue weighted by molar-refractivity contribution is 5.85. The van der Waals surface area contributed by atoms with Gasteiger partial charge in [0.05, 0.1) is 30.9 Å². The monoisotopic (exact) mass is 404 g/mol. The number of morpholine rings is 1. The average Bonchev–Trinajstić information content (AvgIpc) is 2.77. The first kappa shape index (κ1) is 19.0. The second kappa shape index (κ2) is 7.70. The van der Waals surface area contributed by atoms with Crippen molar-refractivity contribution < 1.29 is 19.4 Å². The van der Waals surface area contributed by atoms with E-state index in [0.717, 1.165) is 21.9 Å². The van der Waals surface area contributed by atoms with E-state index >= 15 is 0 Å². The molecule has 0 saturated carbocycles. The molecular formula is C24H24N2O4. The lowest BCUT2D eigenvalue weighted by molar-refractivity contribution is -0.136. The van der Waals surface area contributed by atoms with Crippen LogP contribution in [-0.4, -0.2) is 46.4 Å². The normalized spacial score (nSPS) is 25.8. The van der Waals surface area contributed by atoms with Crippen LogP contribution in [0.25, 0.3) is 10.8 Å². The van der Waals surface area contributed by atoms with E-state index in [-0.39, 0.29) is 24.8 Å². The number of carbonyl (C=O) groups is 1. The molecular weight excluding hydrogens is 380 g/mol. The van der Waals surface area contributed by atoms with Gasteiger partial charge in [-0.1, -0.05) is 54.6 Å². The molecule has 2 aromatic carbocycles. The van der Waals surface area contributed by atoms with Gasteiger partial charge in [0.25, 0.3) is 0 Å². The summed E-state index contributed by atoms with van der Waals surface area (Å²) in [6.45, 7) is 1.00. The number of aliphatic hydroxyl groups is 1. The Morgan fingerprint density at radius 3 is 2.53 bits per heavy atom. The lowest BCUT2D eigenvalue weighted by Gasteiger charge is -2.51. The summed E-state index contributed by atoms with van der Waals surface area (Å²) in [6.07, 6.45) is 3.99. The summed E-state index contributed by atoms with van der Waals surface area (Å²) >= 11 is 0. The van der Waals surface area contributed by atoms with Crippen molar-refractivity contribution in [2.45, 2.75) is 37.1 Å². The Morgan fingerprint density at radius 2 is 1.77 bits per heavy atom. The lowest BCUT2D eigenvalue weighted by Crippen LogP contribution is -2.62. The molecule has 1 aromatic heterocycles. The van der Waals surface area contributed by atoms with Crippen molar-refractivity contribution >= 4 is 16.9 Å². The van der Waals surface area contributed by atoms with Crippen LogP contribution in [0, 0.1) is 0 Å². The highest BCUT2D eigenvalue weighted by Gasteiger charge is 2.50. The van der Waals surface area contributed by atoms with Crippen molar-refractivity contribution in [1.29, 1.82) is 0 Å². The SMILES string of the molecule is O=C(OCc1ccccc1)N1C2COCC1CC(O)(c1cncc3ccccc13)C2. The van der Waals surface area contributed by atoms with Crippen molar-refractivity contribution in [3.63, 3.8) is 0 Å². The molecule has 2 saturated heterocycles. The molecule has 3 heterocycles. The molecule has 154 valence electrons. The summed E-state index contributed by atoms with van der Waals surface area (Å²) in [5.74, 6) is 0. The number of carbonyl (C=O) groups excluding carboxylic acids is 1. The molecule has 2 fully saturated rings. The van der Waals surface area contributed by atoms with Gasteiger partial charge in [0.2, 0.25) is 0 Å². The number of rotatable bonds is 3. The molecule has 2 aliphatic rings. The molecule has 0 aliphatic carbocycles. The summed E-state index contributed by atoms with van der Waals surface area (Å²) in [4.78, 5) is 19.0. The first-order valence-electron chi connectivity index (χ1n) is 10.3. The van der Waals surface area contributed by atoms with E-state index in [0.29, 0.717) is 26.1 Å². The van der Waals surface area contributed by atoms with Gasteiger partial charge in [-0.2, -0.15) is 0 Å². The summed E-state index contributed by atoms with van der Waals surface area (Å²) in [5, 5.41) is 13.7. The largest absolute Gasteiger partial charge is 0.445 e. The summed E-state index contributed by atoms with van der Waals surface area (Å²) in [7, 11) is 0. The number of ether oxygens (including phenoxy) is 2. The number of hydrogen-bond acceptors (Lipinski definition) is 5. The molecule has 2 unspecified atom stereocenters. The number of hydrogen-bond donors (Lipinski definition) is 1. The fourth-order valence-corrected chi connectivity index (χ4v) is 4.78. The quantitative estimate of drug-likeness (QED) is 0.722. The van der Waals surface area contributed by atoms with Crippen LogP contribution in [-0.2, 0) is 21.7 Å². The molecule has 1 amide bonds. The maximum atomic E-state index is 12.9. The molecule has 2 aliphatic heterocycles. The number of aromatic nitrogens is 1. The van der Waals surface area contributed by atoms with Crippen LogP contribution in [0.5, 0.6) is 0 Å². The third kappa shape index (κ3) is 3.42. The molecule has 0 spiro atoms. The van der Waals surface area contributed by atoms with Gasteiger partial charge in [-0.3, -0.25) is 9.88 Å². The predicted octanol–water partition coefficient (Wildman–Crippen LogP) is 3.62. The van der Waals surface area contributed by atoms with Crippen molar-refractivity contribution in [2.75, 3.05) is 13.2 Å². The van der Waals surface area contributed by atoms with Gasteiger partial charge in [0.1, 0.15) is 6.61 Å². The average molecular weight is 404 g/mol. The Labute approximate surface area is 175 Å². The van der Waals surface area contributed by atoms with Gasteiger partial charge in [0, 0.05) is 36.2 Å². The van der Waals surface area contributed by atoms with Crippen LogP contribution in [0.1, 0.15) is 24.0 Å². The summed E-state index contributed by atoms with van der Waals surface area (Å²) in [5.41, 5.74) is 0.695. The maximum Gasteiger partial charge on any atom is 0.410 e.